The Kier molecular flexibility index (Phi) is 12.8. The number of furan rings is 1. The van der Waals surface area contributed by atoms with Crippen LogP contribution in [0.1, 0.15) is 94.5 Å². The van der Waals surface area contributed by atoms with Gasteiger partial charge in [-0.1, -0.05) is 301 Å². The quantitative estimate of drug-likeness (QED) is 0.157. The average Bonchev–Trinajstić information content (AvgIpc) is 1.46. The lowest BCUT2D eigenvalue weighted by atomic mass is 9.55. The molecule has 0 atom stereocenters. The molecule has 0 aliphatic heterocycles. The van der Waals surface area contributed by atoms with Gasteiger partial charge >= 0.3 is 0 Å². The predicted molar refractivity (Wildman–Crippen MR) is 430 cm³/mol. The van der Waals surface area contributed by atoms with Crippen LogP contribution in [-0.4, -0.2) is 29.9 Å². The molecule has 7 nitrogen and oxygen atoms in total. The number of benzene rings is 14. The minimum Gasteiger partial charge on any atom is -0.455 e. The monoisotopic (exact) mass is 1370 g/mol. The third-order valence-electron chi connectivity index (χ3n) is 23.7. The van der Waals surface area contributed by atoms with Gasteiger partial charge in [0.2, 0.25) is 0 Å². The number of nitrogens with zero attached hydrogens (tertiary/aromatic N) is 6. The molecule has 0 saturated heterocycles. The van der Waals surface area contributed by atoms with Crippen LogP contribution in [0.25, 0.3) is 144 Å². The maximum atomic E-state index is 7.33. The van der Waals surface area contributed by atoms with Crippen LogP contribution in [0.5, 0.6) is 0 Å². The molecule has 2 spiro atoms. The maximum Gasteiger partial charge on any atom is 0.167 e. The summed E-state index contributed by atoms with van der Waals surface area (Å²) in [6.07, 6.45) is 0. The van der Waals surface area contributed by atoms with Crippen molar-refractivity contribution in [2.45, 2.75) is 49.4 Å². The third kappa shape index (κ3) is 8.38. The van der Waals surface area contributed by atoms with Crippen molar-refractivity contribution in [1.29, 1.82) is 0 Å². The molecule has 14 aromatic carbocycles. The van der Waals surface area contributed by atoms with Gasteiger partial charge in [-0.2, -0.15) is 0 Å². The smallest absolute Gasteiger partial charge is 0.167 e. The number of aromatic nitrogens is 6. The standard InChI is InChI=1S/C98H64N6OS/c1-95(2)77-43-22-24-45-79(77)97(73-39-18-14-33-63(73)64-34-15-19-40-74(64)97)83-55-85-69(53-81(83)95)67-37-26-38-68(87(67)105-85)93-101-89(58-27-8-5-9-28-58)100-92(102-93)61-49-47-57(48-50-61)62-51-71-70-54-82-84(98(80-46-25-23-44-78(80)96(82,3)4)75-41-20-16-35-65(75)66-36-17-21-42-76(66)98)56-86(70)106-88(71)72(52-62)94-103-90(59-29-10-6-11-30-59)99-91(104-94)60-31-12-7-13-32-60/h5-56H,1-4H3. The molecule has 0 N–H and O–H groups in total. The van der Waals surface area contributed by atoms with E-state index >= 15 is 0 Å². The molecule has 0 saturated carbocycles. The zero-order chi connectivity index (χ0) is 70.4. The lowest BCUT2D eigenvalue weighted by Gasteiger charge is -2.46. The normalized spacial score (nSPS) is 14.7. The number of fused-ring (bicyclic) bond motifs is 24. The van der Waals surface area contributed by atoms with E-state index in [1.807, 2.05) is 65.9 Å². The van der Waals surface area contributed by atoms with E-state index < -0.39 is 10.8 Å². The fraction of sp³-hybridized carbons (Fsp3) is 0.0816. The summed E-state index contributed by atoms with van der Waals surface area (Å²) in [6, 6.07) is 115. The van der Waals surface area contributed by atoms with Crippen LogP contribution < -0.4 is 0 Å². The first-order valence-electron chi connectivity index (χ1n) is 36.5. The summed E-state index contributed by atoms with van der Waals surface area (Å²) < 4.78 is 9.63. The number of hydrogen-bond donors (Lipinski definition) is 0. The first-order chi connectivity index (χ1) is 52.0. The molecule has 0 bridgehead atoms. The lowest BCUT2D eigenvalue weighted by Crippen LogP contribution is -2.40. The van der Waals surface area contributed by atoms with Gasteiger partial charge in [0.1, 0.15) is 11.2 Å². The minimum absolute atomic E-state index is 0.338. The van der Waals surface area contributed by atoms with Gasteiger partial charge in [0.05, 0.1) is 16.4 Å². The summed E-state index contributed by atoms with van der Waals surface area (Å²) in [6.45, 7) is 9.58. The molecule has 8 heteroatoms. The average molecular weight is 1370 g/mol. The van der Waals surface area contributed by atoms with Crippen molar-refractivity contribution in [1.82, 2.24) is 29.9 Å². The van der Waals surface area contributed by atoms with Crippen LogP contribution in [0.4, 0.5) is 0 Å². The molecular formula is C98H64N6OS. The fourth-order valence-corrected chi connectivity index (χ4v) is 20.1. The third-order valence-corrected chi connectivity index (χ3v) is 24.9. The SMILES string of the molecule is CC1(C)c2ccccc2C2(c3ccccc3-c3ccccc32)c2cc3oc4c(-c5nc(-c6ccccc6)nc(-c6ccc(-c7cc(-c8nc(-c9ccccc9)nc(-c9ccccc9)n8)c8sc9cc%10c(cc9c8c7)C(C)(C)c7ccccc7C%107c8ccccc8-c8ccccc87)cc6)n5)cccc4c3cc21. The Labute approximate surface area is 617 Å². The van der Waals surface area contributed by atoms with Crippen molar-refractivity contribution in [2.24, 2.45) is 0 Å². The molecule has 22 rings (SSSR count). The molecule has 4 heterocycles. The molecule has 4 aliphatic rings. The van der Waals surface area contributed by atoms with Crippen LogP contribution in [0.3, 0.4) is 0 Å². The van der Waals surface area contributed by atoms with Crippen molar-refractivity contribution in [3.05, 3.63) is 382 Å². The predicted octanol–water partition coefficient (Wildman–Crippen LogP) is 24.0. The summed E-state index contributed by atoms with van der Waals surface area (Å²) in [5, 5.41) is 4.38. The van der Waals surface area contributed by atoms with Gasteiger partial charge in [-0.05, 0) is 143 Å². The van der Waals surface area contributed by atoms with Crippen LogP contribution >= 0.6 is 11.3 Å². The van der Waals surface area contributed by atoms with Crippen molar-refractivity contribution in [3.8, 4) is 102 Å². The Hall–Kier alpha value is -12.9. The minimum atomic E-state index is -0.568. The number of thiophene rings is 1. The van der Waals surface area contributed by atoms with E-state index in [1.54, 1.807) is 0 Å². The maximum absolute atomic E-state index is 7.33. The van der Waals surface area contributed by atoms with Crippen molar-refractivity contribution in [3.63, 3.8) is 0 Å². The topological polar surface area (TPSA) is 90.5 Å². The molecule has 4 aliphatic carbocycles. The van der Waals surface area contributed by atoms with Gasteiger partial charge in [0, 0.05) is 69.6 Å². The van der Waals surface area contributed by atoms with Crippen LogP contribution in [-0.2, 0) is 21.7 Å². The largest absolute Gasteiger partial charge is 0.455 e. The first-order valence-corrected chi connectivity index (χ1v) is 37.3. The molecule has 0 fully saturated rings. The molecule has 18 aromatic rings. The molecular weight excluding hydrogens is 1310 g/mol. The van der Waals surface area contributed by atoms with Crippen molar-refractivity contribution in [2.75, 3.05) is 0 Å². The van der Waals surface area contributed by atoms with E-state index in [2.05, 4.69) is 289 Å². The van der Waals surface area contributed by atoms with E-state index in [0.717, 1.165) is 76.5 Å². The second-order valence-corrected chi connectivity index (χ2v) is 30.9. The highest BCUT2D eigenvalue weighted by Gasteiger charge is 2.55. The Balaban J connectivity index is 0.725. The summed E-state index contributed by atoms with van der Waals surface area (Å²) >= 11 is 1.82. The molecule has 4 aromatic heterocycles. The van der Waals surface area contributed by atoms with Gasteiger partial charge in [-0.15, -0.1) is 11.3 Å². The summed E-state index contributed by atoms with van der Waals surface area (Å²) in [5.41, 5.74) is 27.8. The van der Waals surface area contributed by atoms with Gasteiger partial charge in [-0.3, -0.25) is 0 Å². The second kappa shape index (κ2) is 22.3. The fourth-order valence-electron chi connectivity index (χ4n) is 18.9. The van der Waals surface area contributed by atoms with Gasteiger partial charge in [0.25, 0.3) is 0 Å². The van der Waals surface area contributed by atoms with Gasteiger partial charge in [0.15, 0.2) is 34.9 Å². The molecule has 106 heavy (non-hydrogen) atoms. The van der Waals surface area contributed by atoms with E-state index in [-0.39, 0.29) is 10.8 Å². The second-order valence-electron chi connectivity index (χ2n) is 29.9. The van der Waals surface area contributed by atoms with E-state index in [4.69, 9.17) is 34.3 Å². The highest BCUT2D eigenvalue weighted by Crippen LogP contribution is 2.65. The van der Waals surface area contributed by atoms with Crippen molar-refractivity contribution >= 4 is 53.4 Å². The van der Waals surface area contributed by atoms with E-state index in [0.29, 0.717) is 34.9 Å². The molecule has 0 amide bonds. The highest BCUT2D eigenvalue weighted by molar-refractivity contribution is 7.26. The number of para-hydroxylation sites is 1. The Morgan fingerprint density at radius 1 is 0.236 bits per heavy atom. The van der Waals surface area contributed by atoms with Gasteiger partial charge < -0.3 is 4.42 Å². The van der Waals surface area contributed by atoms with E-state index in [1.165, 1.54) is 99.1 Å². The Bertz CT molecular complexity index is 6620. The van der Waals surface area contributed by atoms with Crippen molar-refractivity contribution < 1.29 is 4.42 Å². The van der Waals surface area contributed by atoms with E-state index in [9.17, 15) is 0 Å². The Morgan fingerprint density at radius 3 is 1.08 bits per heavy atom. The molecule has 0 radical (unpaired) electrons. The number of rotatable bonds is 7. The van der Waals surface area contributed by atoms with Gasteiger partial charge in [-0.25, -0.2) is 29.9 Å². The number of hydrogen-bond acceptors (Lipinski definition) is 8. The zero-order valence-corrected chi connectivity index (χ0v) is 59.3. The molecule has 498 valence electrons. The molecule has 0 unspecified atom stereocenters. The highest BCUT2D eigenvalue weighted by atomic mass is 32.1. The van der Waals surface area contributed by atoms with Crippen LogP contribution in [0.15, 0.2) is 320 Å². The zero-order valence-electron chi connectivity index (χ0n) is 58.5. The van der Waals surface area contributed by atoms with Crippen LogP contribution in [0.2, 0.25) is 0 Å². The lowest BCUT2D eigenvalue weighted by molar-refractivity contribution is 0.563. The summed E-state index contributed by atoms with van der Waals surface area (Å²) in [5.74, 6) is 3.45. The first kappa shape index (κ1) is 60.7. The Morgan fingerprint density at radius 2 is 0.604 bits per heavy atom. The van der Waals surface area contributed by atoms with Crippen LogP contribution in [0, 0.1) is 0 Å². The summed E-state index contributed by atoms with van der Waals surface area (Å²) in [7, 11) is 0. The summed E-state index contributed by atoms with van der Waals surface area (Å²) in [4.78, 5) is 32.2.